The van der Waals surface area contributed by atoms with Gasteiger partial charge in [0, 0.05) is 20.1 Å². The van der Waals surface area contributed by atoms with Gasteiger partial charge in [-0.15, -0.1) is 0 Å². The van der Waals surface area contributed by atoms with Gasteiger partial charge in [0.2, 0.25) is 0 Å². The summed E-state index contributed by atoms with van der Waals surface area (Å²) in [6.07, 6.45) is 5.08. The summed E-state index contributed by atoms with van der Waals surface area (Å²) in [7, 11) is 0. The van der Waals surface area contributed by atoms with Crippen molar-refractivity contribution in [2.45, 2.75) is 31.1 Å². The topological polar surface area (TPSA) is 0 Å². The molecule has 0 nitrogen and oxygen atoms in total. The average Bonchev–Trinajstić information content (AvgIpc) is 2.91. The maximum atomic E-state index is 3.43. The second kappa shape index (κ2) is 5.82. The quantitative estimate of drug-likeness (QED) is 0.651. The van der Waals surface area contributed by atoms with Crippen LogP contribution in [0.15, 0.2) is 48.5 Å². The molecule has 0 aromatic heterocycles. The van der Waals surface area contributed by atoms with Crippen molar-refractivity contribution in [1.82, 2.24) is 0 Å². The molecule has 1 heteroatoms. The van der Waals surface area contributed by atoms with E-state index in [1.54, 1.807) is 0 Å². The predicted molar refractivity (Wildman–Crippen MR) is 69.8 cm³/mol. The van der Waals surface area contributed by atoms with Gasteiger partial charge in [-0.2, -0.15) is 71.8 Å². The van der Waals surface area contributed by atoms with Crippen LogP contribution in [0.1, 0.15) is 36.8 Å². The van der Waals surface area contributed by atoms with Crippen molar-refractivity contribution < 1.29 is 20.1 Å². The minimum Gasteiger partial charge on any atom is -0.180 e. The van der Waals surface area contributed by atoms with E-state index < -0.39 is 0 Å². The predicted octanol–water partition coefficient (Wildman–Crippen LogP) is 4.14. The van der Waals surface area contributed by atoms with Crippen molar-refractivity contribution in [2.24, 2.45) is 0 Å². The van der Waals surface area contributed by atoms with E-state index in [1.807, 2.05) is 24.3 Å². The average molecular weight is 413 g/mol. The molecule has 1 saturated carbocycles. The zero-order valence-corrected chi connectivity index (χ0v) is 12.7. The van der Waals surface area contributed by atoms with Crippen LogP contribution in [0.25, 0.3) is 0 Å². The monoisotopic (exact) mass is 413 g/mol. The maximum absolute atomic E-state index is 3.43. The third-order valence-corrected chi connectivity index (χ3v) is 3.91. The molecule has 0 N–H and O–H groups in total. The molecule has 0 bridgehead atoms. The van der Waals surface area contributed by atoms with Crippen molar-refractivity contribution in [1.29, 1.82) is 0 Å². The van der Waals surface area contributed by atoms with Crippen molar-refractivity contribution >= 4 is 0 Å². The maximum Gasteiger partial charge on any atom is 0 e. The third-order valence-electron chi connectivity index (χ3n) is 3.91. The van der Waals surface area contributed by atoms with Crippen LogP contribution in [-0.2, 0) is 25.5 Å². The summed E-state index contributed by atoms with van der Waals surface area (Å²) in [6.45, 7) is 0. The summed E-state index contributed by atoms with van der Waals surface area (Å²) >= 11 is 0. The fourth-order valence-electron chi connectivity index (χ4n) is 3.04. The van der Waals surface area contributed by atoms with Crippen LogP contribution in [0.5, 0.6) is 0 Å². The Labute approximate surface area is 123 Å². The molecule has 0 aliphatic heterocycles. The van der Waals surface area contributed by atoms with Crippen LogP contribution in [0.2, 0.25) is 0 Å². The van der Waals surface area contributed by atoms with Gasteiger partial charge in [0.05, 0.1) is 0 Å². The zero-order valence-electron chi connectivity index (χ0n) is 10.3. The standard InChI is InChI=1S/C17H16.Ir/c1-3-9-15(10-4-1)17(13-7-8-14-17)16-11-5-2-6-12-16;/h1-6,9,11H,7-8,13-14H2;/q-2;. The number of rotatable bonds is 2. The fourth-order valence-corrected chi connectivity index (χ4v) is 3.04. The molecule has 18 heavy (non-hydrogen) atoms. The van der Waals surface area contributed by atoms with Gasteiger partial charge in [-0.3, -0.25) is 0 Å². The van der Waals surface area contributed by atoms with Crippen molar-refractivity contribution in [3.05, 3.63) is 71.8 Å². The molecule has 0 amide bonds. The molecule has 1 radical (unpaired) electrons. The van der Waals surface area contributed by atoms with E-state index >= 15 is 0 Å². The second-order valence-electron chi connectivity index (χ2n) is 4.84. The minimum atomic E-state index is 0. The smallest absolute Gasteiger partial charge is 0 e. The molecular formula is C17H16Ir-2. The summed E-state index contributed by atoms with van der Waals surface area (Å²) in [5.41, 5.74) is 2.84. The van der Waals surface area contributed by atoms with E-state index in [2.05, 4.69) is 36.4 Å². The minimum absolute atomic E-state index is 0. The van der Waals surface area contributed by atoms with Crippen LogP contribution in [0.4, 0.5) is 0 Å². The van der Waals surface area contributed by atoms with Gasteiger partial charge in [0.15, 0.2) is 0 Å². The first-order valence-corrected chi connectivity index (χ1v) is 6.36. The normalized spacial score (nSPS) is 17.1. The van der Waals surface area contributed by atoms with E-state index in [9.17, 15) is 0 Å². The molecule has 2 aromatic rings. The van der Waals surface area contributed by atoms with Gasteiger partial charge in [-0.1, -0.05) is 12.8 Å². The van der Waals surface area contributed by atoms with Gasteiger partial charge >= 0.3 is 0 Å². The van der Waals surface area contributed by atoms with E-state index in [-0.39, 0.29) is 25.5 Å². The Morgan fingerprint density at radius 3 is 1.67 bits per heavy atom. The SMILES string of the molecule is [Ir].[c-]1ccccc1C1(c2[c-]cccc2)CCCC1. The third kappa shape index (κ3) is 2.30. The second-order valence-corrected chi connectivity index (χ2v) is 4.84. The van der Waals surface area contributed by atoms with Crippen LogP contribution in [-0.4, -0.2) is 0 Å². The van der Waals surface area contributed by atoms with E-state index in [0.717, 1.165) is 0 Å². The molecule has 0 unspecified atom stereocenters. The summed E-state index contributed by atoms with van der Waals surface area (Å²) in [6, 6.07) is 23.7. The van der Waals surface area contributed by atoms with Crippen LogP contribution < -0.4 is 0 Å². The Balaban J connectivity index is 0.00000120. The molecule has 0 heterocycles. The van der Waals surface area contributed by atoms with Crippen LogP contribution >= 0.6 is 0 Å². The molecular weight excluding hydrogens is 396 g/mol. The Kier molecular flexibility index (Phi) is 4.37. The van der Waals surface area contributed by atoms with Gasteiger partial charge in [0.25, 0.3) is 0 Å². The van der Waals surface area contributed by atoms with Crippen LogP contribution in [0.3, 0.4) is 0 Å². The Morgan fingerprint density at radius 2 is 1.28 bits per heavy atom. The Bertz CT molecular complexity index is 428. The zero-order chi connectivity index (χ0) is 11.6. The first-order chi connectivity index (χ1) is 8.42. The van der Waals surface area contributed by atoms with Crippen molar-refractivity contribution in [3.63, 3.8) is 0 Å². The molecule has 1 aliphatic rings. The van der Waals surface area contributed by atoms with E-state index in [1.165, 1.54) is 36.8 Å². The van der Waals surface area contributed by atoms with E-state index in [0.29, 0.717) is 0 Å². The van der Waals surface area contributed by atoms with E-state index in [4.69, 9.17) is 0 Å². The van der Waals surface area contributed by atoms with Gasteiger partial charge in [0.1, 0.15) is 0 Å². The summed E-state index contributed by atoms with van der Waals surface area (Å²) in [5, 5.41) is 0. The molecule has 2 aromatic carbocycles. The molecule has 0 saturated heterocycles. The van der Waals surface area contributed by atoms with Crippen molar-refractivity contribution in [3.8, 4) is 0 Å². The molecule has 0 spiro atoms. The van der Waals surface area contributed by atoms with Crippen molar-refractivity contribution in [2.75, 3.05) is 0 Å². The largest absolute Gasteiger partial charge is 0.180 e. The molecule has 3 rings (SSSR count). The molecule has 1 fully saturated rings. The molecule has 1 aliphatic carbocycles. The number of hydrogen-bond donors (Lipinski definition) is 0. The molecule has 95 valence electrons. The van der Waals surface area contributed by atoms with Gasteiger partial charge in [-0.05, 0) is 18.3 Å². The fraction of sp³-hybridized carbons (Fsp3) is 0.294. The van der Waals surface area contributed by atoms with Crippen LogP contribution in [0, 0.1) is 12.1 Å². The summed E-state index contributed by atoms with van der Waals surface area (Å²) < 4.78 is 0. The Hall–Kier alpha value is -0.911. The van der Waals surface area contributed by atoms with Gasteiger partial charge < -0.3 is 0 Å². The summed E-state index contributed by atoms with van der Waals surface area (Å²) in [4.78, 5) is 0. The first kappa shape index (κ1) is 13.5. The first-order valence-electron chi connectivity index (χ1n) is 6.36. The number of hydrogen-bond acceptors (Lipinski definition) is 0. The number of benzene rings is 2. The Morgan fingerprint density at radius 1 is 0.778 bits per heavy atom. The van der Waals surface area contributed by atoms with Gasteiger partial charge in [-0.25, -0.2) is 0 Å². The molecule has 0 atom stereocenters. The summed E-state index contributed by atoms with van der Waals surface area (Å²) in [5.74, 6) is 0.